The molecular formula is C21H21N3O3. The normalized spacial score (nSPS) is 10.4. The van der Waals surface area contributed by atoms with Crippen LogP contribution in [-0.2, 0) is 6.61 Å². The predicted molar refractivity (Wildman–Crippen MR) is 106 cm³/mol. The average molecular weight is 363 g/mol. The van der Waals surface area contributed by atoms with E-state index in [4.69, 9.17) is 15.3 Å². The number of hydrogen-bond donors (Lipinski definition) is 3. The maximum atomic E-state index is 12.5. The average Bonchev–Trinajstić information content (AvgIpc) is 2.71. The van der Waals surface area contributed by atoms with Crippen LogP contribution in [0.5, 0.6) is 5.75 Å². The molecule has 6 nitrogen and oxygen atoms in total. The van der Waals surface area contributed by atoms with Gasteiger partial charge in [-0.2, -0.15) is 0 Å². The molecule has 1 aromatic heterocycles. The van der Waals surface area contributed by atoms with E-state index in [1.165, 1.54) is 16.8 Å². The van der Waals surface area contributed by atoms with E-state index in [9.17, 15) is 4.79 Å². The van der Waals surface area contributed by atoms with Crippen LogP contribution in [0, 0.1) is 5.41 Å². The minimum absolute atomic E-state index is 0.00307. The minimum Gasteiger partial charge on any atom is -0.489 e. The largest absolute Gasteiger partial charge is 0.489 e. The van der Waals surface area contributed by atoms with Crippen LogP contribution in [0.25, 0.3) is 5.69 Å². The molecule has 0 saturated heterocycles. The number of nitrogens with one attached hydrogen (secondary N) is 2. The molecule has 0 saturated carbocycles. The van der Waals surface area contributed by atoms with Gasteiger partial charge in [-0.25, -0.2) is 0 Å². The number of benzene rings is 2. The Morgan fingerprint density at radius 2 is 1.93 bits per heavy atom. The van der Waals surface area contributed by atoms with E-state index in [-0.39, 0.29) is 12.2 Å². The third-order valence-electron chi connectivity index (χ3n) is 4.04. The fourth-order valence-electron chi connectivity index (χ4n) is 2.68. The second-order valence-corrected chi connectivity index (χ2v) is 5.91. The fourth-order valence-corrected chi connectivity index (χ4v) is 2.68. The highest BCUT2D eigenvalue weighted by Gasteiger charge is 2.06. The van der Waals surface area contributed by atoms with Gasteiger partial charge in [0.25, 0.3) is 5.56 Å². The molecule has 0 radical (unpaired) electrons. The van der Waals surface area contributed by atoms with Crippen LogP contribution in [0.4, 0.5) is 5.69 Å². The predicted octanol–water partition coefficient (Wildman–Crippen LogP) is 2.82. The van der Waals surface area contributed by atoms with Crippen LogP contribution in [-0.4, -0.2) is 29.0 Å². The second kappa shape index (κ2) is 8.82. The van der Waals surface area contributed by atoms with Crippen LogP contribution in [0.1, 0.15) is 11.1 Å². The topological polar surface area (TPSA) is 87.3 Å². The van der Waals surface area contributed by atoms with E-state index in [0.29, 0.717) is 30.2 Å². The summed E-state index contributed by atoms with van der Waals surface area (Å²) in [4.78, 5) is 12.5. The van der Waals surface area contributed by atoms with E-state index >= 15 is 0 Å². The summed E-state index contributed by atoms with van der Waals surface area (Å²) in [5.41, 5.74) is 2.84. The molecule has 0 unspecified atom stereocenters. The Kier molecular flexibility index (Phi) is 6.02. The van der Waals surface area contributed by atoms with Crippen molar-refractivity contribution in [1.29, 1.82) is 5.41 Å². The van der Waals surface area contributed by atoms with Crippen molar-refractivity contribution in [1.82, 2.24) is 4.57 Å². The molecule has 3 N–H and O–H groups in total. The molecule has 0 spiro atoms. The molecule has 0 aliphatic carbocycles. The smallest absolute Gasteiger partial charge is 0.258 e. The Balaban J connectivity index is 1.79. The summed E-state index contributed by atoms with van der Waals surface area (Å²) >= 11 is 0. The lowest BCUT2D eigenvalue weighted by Crippen LogP contribution is -2.17. The van der Waals surface area contributed by atoms with Gasteiger partial charge in [0.2, 0.25) is 0 Å². The molecular weight excluding hydrogens is 342 g/mol. The molecule has 0 bridgehead atoms. The van der Waals surface area contributed by atoms with E-state index in [0.717, 1.165) is 11.3 Å². The zero-order chi connectivity index (χ0) is 19.1. The Labute approximate surface area is 157 Å². The number of anilines is 1. The summed E-state index contributed by atoms with van der Waals surface area (Å²) in [6.45, 7) is 0.796. The number of ether oxygens (including phenoxy) is 1. The van der Waals surface area contributed by atoms with Crippen LogP contribution in [0.15, 0.2) is 71.7 Å². The van der Waals surface area contributed by atoms with Crippen molar-refractivity contribution in [3.63, 3.8) is 0 Å². The first kappa shape index (κ1) is 18.4. The number of nitrogens with zero attached hydrogens (tertiary/aromatic N) is 1. The minimum atomic E-state index is -0.215. The molecule has 0 atom stereocenters. The van der Waals surface area contributed by atoms with Gasteiger partial charge in [-0.05, 0) is 29.8 Å². The van der Waals surface area contributed by atoms with Crippen molar-refractivity contribution < 1.29 is 9.84 Å². The maximum Gasteiger partial charge on any atom is 0.258 e. The number of hydrogen-bond acceptors (Lipinski definition) is 5. The van der Waals surface area contributed by atoms with Gasteiger partial charge in [0, 0.05) is 42.0 Å². The van der Waals surface area contributed by atoms with Crippen LogP contribution in [0.2, 0.25) is 0 Å². The second-order valence-electron chi connectivity index (χ2n) is 5.91. The highest BCUT2D eigenvalue weighted by Crippen LogP contribution is 2.18. The number of rotatable bonds is 8. The van der Waals surface area contributed by atoms with Crippen LogP contribution in [0.3, 0.4) is 0 Å². The summed E-state index contributed by atoms with van der Waals surface area (Å²) in [7, 11) is 0. The zero-order valence-electron chi connectivity index (χ0n) is 14.8. The summed E-state index contributed by atoms with van der Waals surface area (Å²) in [5, 5.41) is 19.5. The number of aliphatic hydroxyl groups is 1. The molecule has 6 heteroatoms. The molecule has 27 heavy (non-hydrogen) atoms. The number of aliphatic hydroxyl groups excluding tert-OH is 1. The Morgan fingerprint density at radius 1 is 1.11 bits per heavy atom. The molecule has 2 aromatic carbocycles. The van der Waals surface area contributed by atoms with E-state index in [1.807, 2.05) is 30.3 Å². The highest BCUT2D eigenvalue weighted by molar-refractivity contribution is 5.86. The van der Waals surface area contributed by atoms with E-state index in [2.05, 4.69) is 5.32 Å². The summed E-state index contributed by atoms with van der Waals surface area (Å²) in [5.74, 6) is 0.508. The van der Waals surface area contributed by atoms with Crippen LogP contribution < -0.4 is 15.6 Å². The molecule has 1 heterocycles. The van der Waals surface area contributed by atoms with Gasteiger partial charge in [0.1, 0.15) is 12.4 Å². The van der Waals surface area contributed by atoms with Crippen molar-refractivity contribution in [2.24, 2.45) is 0 Å². The maximum absolute atomic E-state index is 12.5. The summed E-state index contributed by atoms with van der Waals surface area (Å²) in [6.07, 6.45) is 2.87. The van der Waals surface area contributed by atoms with Gasteiger partial charge in [0.05, 0.1) is 6.61 Å². The molecule has 0 aliphatic rings. The lowest BCUT2D eigenvalue weighted by Gasteiger charge is -2.12. The molecule has 0 aliphatic heterocycles. The highest BCUT2D eigenvalue weighted by atomic mass is 16.5. The molecule has 138 valence electrons. The van der Waals surface area contributed by atoms with Gasteiger partial charge in [-0.1, -0.05) is 30.3 Å². The molecule has 0 fully saturated rings. The van der Waals surface area contributed by atoms with E-state index < -0.39 is 0 Å². The van der Waals surface area contributed by atoms with Crippen molar-refractivity contribution in [3.8, 4) is 11.4 Å². The lowest BCUT2D eigenvalue weighted by molar-refractivity contribution is 0.305. The van der Waals surface area contributed by atoms with Crippen molar-refractivity contribution in [2.75, 3.05) is 18.5 Å². The van der Waals surface area contributed by atoms with Crippen LogP contribution >= 0.6 is 0 Å². The number of pyridine rings is 1. The zero-order valence-corrected chi connectivity index (χ0v) is 14.8. The number of aromatic nitrogens is 1. The molecule has 0 amide bonds. The quantitative estimate of drug-likeness (QED) is 0.537. The Bertz CT molecular complexity index is 968. The first-order valence-corrected chi connectivity index (χ1v) is 8.60. The van der Waals surface area contributed by atoms with Crippen molar-refractivity contribution in [3.05, 3.63) is 88.3 Å². The SMILES string of the molecule is N=Cc1cc(-n2ccc(OCc3ccccc3)cc2=O)ccc1NCCO. The Morgan fingerprint density at radius 3 is 2.63 bits per heavy atom. The van der Waals surface area contributed by atoms with Gasteiger partial charge in [0.15, 0.2) is 0 Å². The van der Waals surface area contributed by atoms with Crippen molar-refractivity contribution >= 4 is 11.9 Å². The van der Waals surface area contributed by atoms with Gasteiger partial charge < -0.3 is 20.6 Å². The van der Waals surface area contributed by atoms with Crippen molar-refractivity contribution in [2.45, 2.75) is 6.61 Å². The standard InChI is InChI=1S/C21H21N3O3/c22-14-17-12-18(6-7-20(17)23-9-11-25)24-10-8-19(13-21(24)26)27-15-16-4-2-1-3-5-16/h1-8,10,12-14,22-23,25H,9,11,15H2. The molecule has 3 aromatic rings. The summed E-state index contributed by atoms with van der Waals surface area (Å²) in [6, 6.07) is 18.3. The van der Waals surface area contributed by atoms with E-state index in [1.54, 1.807) is 30.5 Å². The first-order valence-electron chi connectivity index (χ1n) is 8.60. The lowest BCUT2D eigenvalue weighted by atomic mass is 10.1. The van der Waals surface area contributed by atoms with Gasteiger partial charge >= 0.3 is 0 Å². The van der Waals surface area contributed by atoms with Gasteiger partial charge in [-0.15, -0.1) is 0 Å². The third kappa shape index (κ3) is 4.62. The fraction of sp³-hybridized carbons (Fsp3) is 0.143. The monoisotopic (exact) mass is 363 g/mol. The first-order chi connectivity index (χ1) is 13.2. The molecule has 3 rings (SSSR count). The van der Waals surface area contributed by atoms with Gasteiger partial charge in [-0.3, -0.25) is 9.36 Å². The summed E-state index contributed by atoms with van der Waals surface area (Å²) < 4.78 is 7.19. The Hall–Kier alpha value is -3.38. The third-order valence-corrected chi connectivity index (χ3v) is 4.04.